The van der Waals surface area contributed by atoms with Crippen LogP contribution in [-0.4, -0.2) is 26.2 Å². The van der Waals surface area contributed by atoms with Crippen LogP contribution in [0.25, 0.3) is 11.1 Å². The first-order valence-electron chi connectivity index (χ1n) is 6.66. The minimum absolute atomic E-state index is 0.0103. The topological polar surface area (TPSA) is 38.5 Å². The molecule has 1 aliphatic heterocycles. The van der Waals surface area contributed by atoms with Gasteiger partial charge in [-0.15, -0.1) is 0 Å². The van der Waals surface area contributed by atoms with Crippen molar-refractivity contribution in [1.82, 2.24) is 0 Å². The highest BCUT2D eigenvalue weighted by atomic mass is 35.5. The SMILES string of the molecule is CN1C[C@H](CN)Oc2c(-c3ccccc3Cl)cccc21. The summed E-state index contributed by atoms with van der Waals surface area (Å²) >= 11 is 6.31. The minimum atomic E-state index is 0.0103. The number of anilines is 1. The molecule has 2 aromatic carbocycles. The van der Waals surface area contributed by atoms with Gasteiger partial charge in [-0.05, 0) is 12.1 Å². The number of fused-ring (bicyclic) bond motifs is 1. The second-order valence-corrected chi connectivity index (χ2v) is 5.40. The summed E-state index contributed by atoms with van der Waals surface area (Å²) < 4.78 is 6.07. The first-order chi connectivity index (χ1) is 9.70. The Bertz CT molecular complexity index is 630. The lowest BCUT2D eigenvalue weighted by molar-refractivity contribution is 0.205. The summed E-state index contributed by atoms with van der Waals surface area (Å²) in [4.78, 5) is 2.18. The molecule has 3 rings (SSSR count). The third-order valence-corrected chi connectivity index (χ3v) is 3.92. The van der Waals surface area contributed by atoms with E-state index in [4.69, 9.17) is 22.1 Å². The van der Waals surface area contributed by atoms with Crippen LogP contribution in [0.15, 0.2) is 42.5 Å². The van der Waals surface area contributed by atoms with E-state index in [9.17, 15) is 0 Å². The van der Waals surface area contributed by atoms with Crippen molar-refractivity contribution in [1.29, 1.82) is 0 Å². The number of likely N-dealkylation sites (N-methyl/N-ethyl adjacent to an activating group) is 1. The van der Waals surface area contributed by atoms with Gasteiger partial charge in [-0.25, -0.2) is 0 Å². The molecule has 104 valence electrons. The van der Waals surface area contributed by atoms with Crippen molar-refractivity contribution in [2.45, 2.75) is 6.10 Å². The van der Waals surface area contributed by atoms with Crippen LogP contribution in [0.1, 0.15) is 0 Å². The number of halogens is 1. The molecule has 0 fully saturated rings. The van der Waals surface area contributed by atoms with Crippen LogP contribution in [-0.2, 0) is 0 Å². The number of rotatable bonds is 2. The zero-order chi connectivity index (χ0) is 14.1. The Kier molecular flexibility index (Phi) is 3.55. The first kappa shape index (κ1) is 13.3. The zero-order valence-electron chi connectivity index (χ0n) is 11.3. The maximum Gasteiger partial charge on any atom is 0.151 e. The number of para-hydroxylation sites is 1. The molecule has 0 aliphatic carbocycles. The average Bonchev–Trinajstić information content (AvgIpc) is 2.47. The van der Waals surface area contributed by atoms with Gasteiger partial charge in [-0.2, -0.15) is 0 Å². The van der Waals surface area contributed by atoms with Gasteiger partial charge >= 0.3 is 0 Å². The molecule has 0 unspecified atom stereocenters. The standard InChI is InChI=1S/C16H17ClN2O/c1-19-10-11(9-18)20-16-13(6-4-8-15(16)19)12-5-2-3-7-14(12)17/h2-8,11H,9-10,18H2,1H3/t11-/m0/s1. The van der Waals surface area contributed by atoms with Gasteiger partial charge in [0.15, 0.2) is 5.75 Å². The van der Waals surface area contributed by atoms with Crippen LogP contribution in [0.4, 0.5) is 5.69 Å². The summed E-state index contributed by atoms with van der Waals surface area (Å²) in [5.74, 6) is 0.866. The van der Waals surface area contributed by atoms with Gasteiger partial charge in [0.05, 0.1) is 12.2 Å². The predicted molar refractivity (Wildman–Crippen MR) is 83.6 cm³/mol. The molecular weight excluding hydrogens is 272 g/mol. The van der Waals surface area contributed by atoms with E-state index >= 15 is 0 Å². The number of nitrogens with two attached hydrogens (primary N) is 1. The Morgan fingerprint density at radius 3 is 2.70 bits per heavy atom. The highest BCUT2D eigenvalue weighted by Crippen LogP contribution is 2.43. The van der Waals surface area contributed by atoms with Crippen LogP contribution < -0.4 is 15.4 Å². The van der Waals surface area contributed by atoms with Gasteiger partial charge in [0.25, 0.3) is 0 Å². The molecule has 1 heterocycles. The fraction of sp³-hybridized carbons (Fsp3) is 0.250. The van der Waals surface area contributed by atoms with Crippen molar-refractivity contribution in [3.8, 4) is 16.9 Å². The third kappa shape index (κ3) is 2.23. The Labute approximate surface area is 123 Å². The van der Waals surface area contributed by atoms with E-state index in [1.165, 1.54) is 0 Å². The second kappa shape index (κ2) is 5.35. The molecule has 0 saturated carbocycles. The van der Waals surface area contributed by atoms with E-state index in [1.54, 1.807) is 0 Å². The summed E-state index contributed by atoms with van der Waals surface area (Å²) in [6.07, 6.45) is 0.0103. The largest absolute Gasteiger partial charge is 0.484 e. The van der Waals surface area contributed by atoms with E-state index in [2.05, 4.69) is 18.0 Å². The fourth-order valence-corrected chi connectivity index (χ4v) is 2.81. The summed E-state index contributed by atoms with van der Waals surface area (Å²) in [6.45, 7) is 1.30. The van der Waals surface area contributed by atoms with Crippen LogP contribution in [0.5, 0.6) is 5.75 Å². The molecule has 3 nitrogen and oxygen atoms in total. The molecule has 1 aliphatic rings. The summed E-state index contributed by atoms with van der Waals surface area (Å²) in [7, 11) is 2.06. The maximum atomic E-state index is 6.31. The molecule has 0 bridgehead atoms. The van der Waals surface area contributed by atoms with E-state index in [-0.39, 0.29) is 6.10 Å². The molecule has 2 N–H and O–H groups in total. The van der Waals surface area contributed by atoms with Gasteiger partial charge in [0, 0.05) is 29.7 Å². The van der Waals surface area contributed by atoms with Crippen molar-refractivity contribution in [3.05, 3.63) is 47.5 Å². The predicted octanol–water partition coefficient (Wildman–Crippen LogP) is 3.16. The normalized spacial score (nSPS) is 17.6. The van der Waals surface area contributed by atoms with Crippen LogP contribution in [0.2, 0.25) is 5.02 Å². The first-order valence-corrected chi connectivity index (χ1v) is 7.04. The quantitative estimate of drug-likeness (QED) is 0.922. The Hall–Kier alpha value is -1.71. The lowest BCUT2D eigenvalue weighted by atomic mass is 10.0. The minimum Gasteiger partial charge on any atom is -0.484 e. The zero-order valence-corrected chi connectivity index (χ0v) is 12.1. The second-order valence-electron chi connectivity index (χ2n) is 4.99. The fourth-order valence-electron chi connectivity index (χ4n) is 2.57. The Balaban J connectivity index is 2.15. The van der Waals surface area contributed by atoms with E-state index in [1.807, 2.05) is 36.4 Å². The molecule has 20 heavy (non-hydrogen) atoms. The van der Waals surface area contributed by atoms with Crippen molar-refractivity contribution in [2.24, 2.45) is 5.73 Å². The molecule has 0 saturated heterocycles. The van der Waals surface area contributed by atoms with Gasteiger partial charge < -0.3 is 15.4 Å². The molecule has 0 aromatic heterocycles. The lowest BCUT2D eigenvalue weighted by Gasteiger charge is -2.34. The molecule has 4 heteroatoms. The van der Waals surface area contributed by atoms with Crippen molar-refractivity contribution in [2.75, 3.05) is 25.0 Å². The van der Waals surface area contributed by atoms with Crippen molar-refractivity contribution >= 4 is 17.3 Å². The summed E-state index contributed by atoms with van der Waals surface area (Å²) in [5.41, 5.74) is 8.84. The highest BCUT2D eigenvalue weighted by molar-refractivity contribution is 6.33. The summed E-state index contributed by atoms with van der Waals surface area (Å²) in [6, 6.07) is 13.9. The Morgan fingerprint density at radius 1 is 1.20 bits per heavy atom. The molecule has 0 radical (unpaired) electrons. The van der Waals surface area contributed by atoms with Crippen molar-refractivity contribution < 1.29 is 4.74 Å². The molecule has 1 atom stereocenters. The number of nitrogens with zero attached hydrogens (tertiary/aromatic N) is 1. The van der Waals surface area contributed by atoms with E-state index < -0.39 is 0 Å². The number of hydrogen-bond donors (Lipinski definition) is 1. The smallest absolute Gasteiger partial charge is 0.151 e. The summed E-state index contributed by atoms with van der Waals surface area (Å²) in [5, 5.41) is 0.724. The average molecular weight is 289 g/mol. The highest BCUT2D eigenvalue weighted by Gasteiger charge is 2.25. The number of ether oxygens (including phenoxy) is 1. The Morgan fingerprint density at radius 2 is 1.95 bits per heavy atom. The van der Waals surface area contributed by atoms with Crippen LogP contribution in [0.3, 0.4) is 0 Å². The lowest BCUT2D eigenvalue weighted by Crippen LogP contribution is -2.42. The molecule has 0 amide bonds. The van der Waals surface area contributed by atoms with Gasteiger partial charge in [0.1, 0.15) is 6.10 Å². The van der Waals surface area contributed by atoms with Crippen LogP contribution in [0, 0.1) is 0 Å². The van der Waals surface area contributed by atoms with Gasteiger partial charge in [0.2, 0.25) is 0 Å². The third-order valence-electron chi connectivity index (χ3n) is 3.59. The van der Waals surface area contributed by atoms with E-state index in [0.717, 1.165) is 34.1 Å². The molecule has 0 spiro atoms. The van der Waals surface area contributed by atoms with E-state index in [0.29, 0.717) is 6.54 Å². The molecule has 2 aromatic rings. The number of benzene rings is 2. The van der Waals surface area contributed by atoms with Crippen molar-refractivity contribution in [3.63, 3.8) is 0 Å². The number of hydrogen-bond acceptors (Lipinski definition) is 3. The monoisotopic (exact) mass is 288 g/mol. The molecular formula is C16H17ClN2O. The van der Waals surface area contributed by atoms with Gasteiger partial charge in [-0.3, -0.25) is 0 Å². The van der Waals surface area contributed by atoms with Crippen LogP contribution >= 0.6 is 11.6 Å². The van der Waals surface area contributed by atoms with Gasteiger partial charge in [-0.1, -0.05) is 41.9 Å². The maximum absolute atomic E-state index is 6.31.